The summed E-state index contributed by atoms with van der Waals surface area (Å²) in [6.07, 6.45) is 0. The molecule has 0 saturated carbocycles. The highest BCUT2D eigenvalue weighted by Crippen LogP contribution is 2.38. The monoisotopic (exact) mass is 271 g/mol. The fourth-order valence-electron chi connectivity index (χ4n) is 2.65. The van der Waals surface area contributed by atoms with Gasteiger partial charge in [-0.3, -0.25) is 0 Å². The molecule has 1 N–H and O–H groups in total. The van der Waals surface area contributed by atoms with Crippen LogP contribution in [-0.2, 0) is 9.53 Å². The molecule has 3 nitrogen and oxygen atoms in total. The molecule has 0 fully saturated rings. The summed E-state index contributed by atoms with van der Waals surface area (Å²) in [6, 6.07) is 8.31. The van der Waals surface area contributed by atoms with Gasteiger partial charge >= 0.3 is 5.97 Å². The van der Waals surface area contributed by atoms with Gasteiger partial charge in [0.15, 0.2) is 0 Å². The summed E-state index contributed by atoms with van der Waals surface area (Å²) in [5.74, 6) is -0.309. The number of carbonyl (C=O) groups is 1. The summed E-state index contributed by atoms with van der Waals surface area (Å²) in [7, 11) is 1.43. The molecule has 0 radical (unpaired) electrons. The van der Waals surface area contributed by atoms with Crippen molar-refractivity contribution in [2.75, 3.05) is 7.11 Å². The van der Waals surface area contributed by atoms with Crippen LogP contribution in [0.15, 0.2) is 46.8 Å². The zero-order valence-electron chi connectivity index (χ0n) is 12.7. The van der Waals surface area contributed by atoms with E-state index in [-0.39, 0.29) is 11.9 Å². The van der Waals surface area contributed by atoms with Crippen molar-refractivity contribution in [1.29, 1.82) is 0 Å². The highest BCUT2D eigenvalue weighted by atomic mass is 16.5. The molecule has 1 aliphatic rings. The number of hydrogen-bond donors (Lipinski definition) is 1. The number of aryl methyl sites for hydroxylation is 1. The van der Waals surface area contributed by atoms with Crippen molar-refractivity contribution in [3.05, 3.63) is 57.9 Å². The van der Waals surface area contributed by atoms with Crippen molar-refractivity contribution in [2.24, 2.45) is 0 Å². The van der Waals surface area contributed by atoms with Crippen LogP contribution in [0.1, 0.15) is 37.8 Å². The van der Waals surface area contributed by atoms with Crippen LogP contribution in [0, 0.1) is 6.92 Å². The Hall–Kier alpha value is -2.03. The van der Waals surface area contributed by atoms with E-state index in [2.05, 4.69) is 43.4 Å². The van der Waals surface area contributed by atoms with Gasteiger partial charge in [0.1, 0.15) is 0 Å². The minimum Gasteiger partial charge on any atom is -0.466 e. The van der Waals surface area contributed by atoms with E-state index in [1.165, 1.54) is 12.7 Å². The zero-order valence-corrected chi connectivity index (χ0v) is 12.7. The lowest BCUT2D eigenvalue weighted by Gasteiger charge is -2.29. The Bertz CT molecular complexity index is 594. The number of dihydropyridines is 1. The zero-order chi connectivity index (χ0) is 14.9. The third-order valence-corrected chi connectivity index (χ3v) is 3.91. The predicted octanol–water partition coefficient (Wildman–Crippen LogP) is 3.42. The topological polar surface area (TPSA) is 38.3 Å². The van der Waals surface area contributed by atoms with Gasteiger partial charge < -0.3 is 10.1 Å². The number of ether oxygens (including phenoxy) is 1. The molecule has 1 atom stereocenters. The van der Waals surface area contributed by atoms with Gasteiger partial charge in [-0.1, -0.05) is 29.8 Å². The number of esters is 1. The lowest BCUT2D eigenvalue weighted by atomic mass is 9.81. The lowest BCUT2D eigenvalue weighted by Crippen LogP contribution is -2.27. The second-order valence-corrected chi connectivity index (χ2v) is 5.31. The maximum atomic E-state index is 12.1. The molecular weight excluding hydrogens is 250 g/mol. The summed E-state index contributed by atoms with van der Waals surface area (Å²) >= 11 is 0. The van der Waals surface area contributed by atoms with Gasteiger partial charge in [0.2, 0.25) is 0 Å². The van der Waals surface area contributed by atoms with Crippen LogP contribution in [0.4, 0.5) is 0 Å². The Morgan fingerprint density at radius 3 is 2.20 bits per heavy atom. The van der Waals surface area contributed by atoms with E-state index in [4.69, 9.17) is 4.74 Å². The van der Waals surface area contributed by atoms with E-state index < -0.39 is 0 Å². The second-order valence-electron chi connectivity index (χ2n) is 5.31. The van der Waals surface area contributed by atoms with Crippen LogP contribution in [0.5, 0.6) is 0 Å². The molecule has 1 aromatic rings. The van der Waals surface area contributed by atoms with Crippen LogP contribution in [0.2, 0.25) is 0 Å². The molecule has 0 amide bonds. The number of nitrogens with one attached hydrogen (secondary N) is 1. The molecule has 1 unspecified atom stereocenters. The third kappa shape index (κ3) is 2.48. The fraction of sp³-hybridized carbons (Fsp3) is 0.353. The molecule has 1 heterocycles. The largest absolute Gasteiger partial charge is 0.466 e. The minimum atomic E-state index is -0.271. The van der Waals surface area contributed by atoms with Crippen molar-refractivity contribution in [1.82, 2.24) is 5.32 Å². The normalized spacial score (nSPS) is 18.9. The van der Waals surface area contributed by atoms with Crippen molar-refractivity contribution in [3.8, 4) is 0 Å². The summed E-state index contributed by atoms with van der Waals surface area (Å²) in [5.41, 5.74) is 6.14. The molecular formula is C17H21NO2. The molecule has 1 aliphatic heterocycles. The highest BCUT2D eigenvalue weighted by Gasteiger charge is 2.31. The van der Waals surface area contributed by atoms with E-state index in [1.54, 1.807) is 0 Å². The van der Waals surface area contributed by atoms with Gasteiger partial charge in [0, 0.05) is 17.3 Å². The Labute approximate surface area is 120 Å². The summed E-state index contributed by atoms with van der Waals surface area (Å²) < 4.78 is 4.96. The maximum absolute atomic E-state index is 12.1. The molecule has 0 aromatic heterocycles. The number of hydrogen-bond acceptors (Lipinski definition) is 3. The third-order valence-electron chi connectivity index (χ3n) is 3.91. The maximum Gasteiger partial charge on any atom is 0.336 e. The molecule has 0 bridgehead atoms. The SMILES string of the molecule is COC(=O)C1=C(C)NC(C)=C(C)C1c1ccc(C)cc1. The number of carbonyl (C=O) groups excluding carboxylic acids is 1. The van der Waals surface area contributed by atoms with Crippen LogP contribution in [-0.4, -0.2) is 13.1 Å². The van der Waals surface area contributed by atoms with Crippen molar-refractivity contribution in [2.45, 2.75) is 33.6 Å². The summed E-state index contributed by atoms with van der Waals surface area (Å²) in [4.78, 5) is 12.1. The van der Waals surface area contributed by atoms with E-state index in [9.17, 15) is 4.79 Å². The Balaban J connectivity index is 2.56. The average Bonchev–Trinajstić information content (AvgIpc) is 2.43. The van der Waals surface area contributed by atoms with Crippen molar-refractivity contribution in [3.63, 3.8) is 0 Å². The number of benzene rings is 1. The predicted molar refractivity (Wildman–Crippen MR) is 80.1 cm³/mol. The first kappa shape index (κ1) is 14.4. The van der Waals surface area contributed by atoms with Crippen molar-refractivity contribution >= 4 is 5.97 Å². The van der Waals surface area contributed by atoms with Gasteiger partial charge in [-0.15, -0.1) is 0 Å². The molecule has 1 aromatic carbocycles. The molecule has 3 heteroatoms. The Morgan fingerprint density at radius 1 is 1.05 bits per heavy atom. The van der Waals surface area contributed by atoms with E-state index in [0.717, 1.165) is 22.5 Å². The Morgan fingerprint density at radius 2 is 1.65 bits per heavy atom. The number of allylic oxidation sites excluding steroid dienone is 3. The molecule has 0 saturated heterocycles. The first-order valence-corrected chi connectivity index (χ1v) is 6.75. The summed E-state index contributed by atoms with van der Waals surface area (Å²) in [5, 5.41) is 3.26. The first-order chi connectivity index (χ1) is 9.45. The van der Waals surface area contributed by atoms with E-state index >= 15 is 0 Å². The second kappa shape index (κ2) is 5.53. The van der Waals surface area contributed by atoms with Crippen LogP contribution < -0.4 is 5.32 Å². The molecule has 20 heavy (non-hydrogen) atoms. The summed E-state index contributed by atoms with van der Waals surface area (Å²) in [6.45, 7) is 8.07. The first-order valence-electron chi connectivity index (χ1n) is 6.75. The van der Waals surface area contributed by atoms with Gasteiger partial charge in [0.05, 0.1) is 12.7 Å². The molecule has 106 valence electrons. The Kier molecular flexibility index (Phi) is 3.98. The van der Waals surface area contributed by atoms with Gasteiger partial charge in [-0.2, -0.15) is 0 Å². The van der Waals surface area contributed by atoms with E-state index in [1.807, 2.05) is 13.8 Å². The lowest BCUT2D eigenvalue weighted by molar-refractivity contribution is -0.136. The number of rotatable bonds is 2. The quantitative estimate of drug-likeness (QED) is 0.838. The standard InChI is InChI=1S/C17H21NO2/c1-10-6-8-14(9-7-10)15-11(2)12(3)18-13(4)16(15)17(19)20-5/h6-9,15,18H,1-5H3. The van der Waals surface area contributed by atoms with Gasteiger partial charge in [0.25, 0.3) is 0 Å². The smallest absolute Gasteiger partial charge is 0.336 e. The fourth-order valence-corrected chi connectivity index (χ4v) is 2.65. The van der Waals surface area contributed by atoms with Gasteiger partial charge in [-0.25, -0.2) is 4.79 Å². The van der Waals surface area contributed by atoms with Crippen LogP contribution in [0.25, 0.3) is 0 Å². The van der Waals surface area contributed by atoms with Crippen LogP contribution >= 0.6 is 0 Å². The highest BCUT2D eigenvalue weighted by molar-refractivity contribution is 5.92. The minimum absolute atomic E-state index is 0.0377. The van der Waals surface area contributed by atoms with Gasteiger partial charge in [-0.05, 0) is 38.8 Å². The van der Waals surface area contributed by atoms with Crippen LogP contribution in [0.3, 0.4) is 0 Å². The molecule has 0 spiro atoms. The van der Waals surface area contributed by atoms with E-state index in [0.29, 0.717) is 5.57 Å². The number of methoxy groups -OCH3 is 1. The van der Waals surface area contributed by atoms with Crippen molar-refractivity contribution < 1.29 is 9.53 Å². The average molecular weight is 271 g/mol. The molecule has 0 aliphatic carbocycles. The molecule has 2 rings (SSSR count).